The molecule has 2 aromatic rings. The summed E-state index contributed by atoms with van der Waals surface area (Å²) in [5.41, 5.74) is 6.27. The molecule has 2 heterocycles. The number of hydrogen-bond donors (Lipinski definition) is 0. The second kappa shape index (κ2) is 5.78. The topological polar surface area (TPSA) is 3.88 Å². The third-order valence-corrected chi connectivity index (χ3v) is 9.10. The van der Waals surface area contributed by atoms with Gasteiger partial charge in [0, 0.05) is 18.2 Å². The monoisotopic (exact) mass is 460 g/mol. The smallest absolute Gasteiger partial charge is 0.189 e. The Morgan fingerprint density at radius 2 is 1.96 bits per heavy atom. The van der Waals surface area contributed by atoms with E-state index >= 15 is 0 Å². The largest absolute Gasteiger partial charge is 0.213 e. The van der Waals surface area contributed by atoms with E-state index in [0.29, 0.717) is 11.3 Å². The van der Waals surface area contributed by atoms with Gasteiger partial charge in [0.05, 0.1) is 11.5 Å². The van der Waals surface area contributed by atoms with Crippen molar-refractivity contribution in [2.75, 3.05) is 0 Å². The lowest BCUT2D eigenvalue weighted by Crippen LogP contribution is -2.64. The maximum absolute atomic E-state index is 2.70. The van der Waals surface area contributed by atoms with Crippen LogP contribution in [0.15, 0.2) is 48.7 Å². The zero-order chi connectivity index (χ0) is 18.0. The predicted octanol–water partition coefficient (Wildman–Crippen LogP) is 4.61. The first-order valence-corrected chi connectivity index (χ1v) is 15.1. The van der Waals surface area contributed by atoms with Crippen molar-refractivity contribution in [1.82, 2.24) is 0 Å². The van der Waals surface area contributed by atoms with Crippen LogP contribution in [0.25, 0.3) is 11.3 Å². The van der Waals surface area contributed by atoms with Crippen molar-refractivity contribution in [2.24, 2.45) is 5.41 Å². The summed E-state index contributed by atoms with van der Waals surface area (Å²) in [6.07, 6.45) is 7.50. The van der Waals surface area contributed by atoms with E-state index in [-0.39, 0.29) is 5.54 Å². The highest BCUT2D eigenvalue weighted by Gasteiger charge is 2.52. The Morgan fingerprint density at radius 3 is 2.56 bits per heavy atom. The molecule has 0 spiro atoms. The highest BCUT2D eigenvalue weighted by molar-refractivity contribution is 14.1. The van der Waals surface area contributed by atoms with Gasteiger partial charge in [-0.15, -0.1) is 21.8 Å². The Balaban J connectivity index is 1.99. The Hall–Kier alpha value is -0.943. The highest BCUT2D eigenvalue weighted by atomic mass is 127. The van der Waals surface area contributed by atoms with Crippen LogP contribution >= 0.6 is 21.8 Å². The molecule has 0 fully saturated rings. The van der Waals surface area contributed by atoms with Crippen LogP contribution in [0.3, 0.4) is 0 Å². The molecule has 0 saturated heterocycles. The first-order chi connectivity index (χ1) is 11.7. The number of nitrogens with zero attached hydrogens (tertiary/aromatic N) is 1. The molecule has 0 saturated carbocycles. The van der Waals surface area contributed by atoms with Crippen LogP contribution < -0.4 is 9.75 Å². The molecule has 0 N–H and O–H groups in total. The first kappa shape index (κ1) is 17.5. The van der Waals surface area contributed by atoms with Gasteiger partial charge in [-0.05, 0) is 35.1 Å². The lowest BCUT2D eigenvalue weighted by molar-refractivity contribution is -0.746. The summed E-state index contributed by atoms with van der Waals surface area (Å²) >= 11 is 2.70. The lowest BCUT2D eigenvalue weighted by Gasteiger charge is -2.41. The minimum atomic E-state index is -0.923. The number of pyridine rings is 1. The van der Waals surface area contributed by atoms with E-state index in [4.69, 9.17) is 0 Å². The van der Waals surface area contributed by atoms with Gasteiger partial charge in [-0.25, -0.2) is 0 Å². The van der Waals surface area contributed by atoms with Crippen molar-refractivity contribution in [3.8, 4) is 11.3 Å². The number of halogens is 1. The second-order valence-corrected chi connectivity index (χ2v) is 16.5. The minimum Gasteiger partial charge on any atom is -0.189 e. The predicted molar refractivity (Wildman–Crippen MR) is 117 cm³/mol. The molecule has 25 heavy (non-hydrogen) atoms. The number of aromatic nitrogens is 1. The number of rotatable bonds is 2. The van der Waals surface area contributed by atoms with Crippen molar-refractivity contribution in [1.29, 1.82) is 0 Å². The molecular formula is C22H27INSi+. The average Bonchev–Trinajstić information content (AvgIpc) is 2.50. The van der Waals surface area contributed by atoms with Gasteiger partial charge in [-0.3, -0.25) is 0 Å². The van der Waals surface area contributed by atoms with Crippen molar-refractivity contribution < 1.29 is 4.57 Å². The average molecular weight is 460 g/mol. The van der Waals surface area contributed by atoms with Crippen molar-refractivity contribution >= 4 is 33.3 Å². The standard InChI is InChI=1S/C22H27INSi/c1-21(2,3)13-15-12-19-17-9-7-6-8-16(17)18-10-11-22(18,4)24(19)14-20(15)25(5)23/h6-12,14,18,25H,13H2,1-5H3/q+1. The fourth-order valence-electron chi connectivity index (χ4n) is 4.42. The van der Waals surface area contributed by atoms with Crippen LogP contribution in [0.4, 0.5) is 0 Å². The number of benzene rings is 1. The summed E-state index contributed by atoms with van der Waals surface area (Å²) in [5.74, 6) is 0.508. The first-order valence-electron chi connectivity index (χ1n) is 9.22. The molecule has 3 atom stereocenters. The van der Waals surface area contributed by atoms with Crippen molar-refractivity contribution in [3.05, 3.63) is 59.8 Å². The summed E-state index contributed by atoms with van der Waals surface area (Å²) in [6.45, 7) is 11.9. The molecule has 0 bridgehead atoms. The summed E-state index contributed by atoms with van der Waals surface area (Å²) in [5, 5.41) is 1.62. The van der Waals surface area contributed by atoms with E-state index < -0.39 is 6.29 Å². The quantitative estimate of drug-likeness (QED) is 0.203. The van der Waals surface area contributed by atoms with Gasteiger partial charge < -0.3 is 0 Å². The lowest BCUT2D eigenvalue weighted by atomic mass is 9.67. The Labute approximate surface area is 166 Å². The van der Waals surface area contributed by atoms with Crippen LogP contribution in [0.2, 0.25) is 6.55 Å². The molecule has 0 amide bonds. The molecule has 2 aliphatic rings. The molecule has 4 rings (SSSR count). The van der Waals surface area contributed by atoms with Crippen molar-refractivity contribution in [3.63, 3.8) is 0 Å². The highest BCUT2D eigenvalue weighted by Crippen LogP contribution is 2.48. The van der Waals surface area contributed by atoms with Crippen LogP contribution in [-0.4, -0.2) is 6.29 Å². The fourth-order valence-corrected chi connectivity index (χ4v) is 7.15. The SMILES string of the molecule is C[SiH](I)c1c[n+]2c(cc1CC(C)(C)C)-c1ccccc1C1C=CC12C. The fraction of sp³-hybridized carbons (Fsp3) is 0.409. The Morgan fingerprint density at radius 1 is 1.24 bits per heavy atom. The van der Waals surface area contributed by atoms with E-state index in [0.717, 1.165) is 6.42 Å². The molecule has 1 aromatic carbocycles. The molecule has 3 heteroatoms. The summed E-state index contributed by atoms with van der Waals surface area (Å²) in [6, 6.07) is 11.5. The van der Waals surface area contributed by atoms with Gasteiger partial charge in [0.2, 0.25) is 5.69 Å². The minimum absolute atomic E-state index is 0.0959. The van der Waals surface area contributed by atoms with Crippen LogP contribution in [0, 0.1) is 5.41 Å². The molecule has 3 unspecified atom stereocenters. The third kappa shape index (κ3) is 2.74. The number of allylic oxidation sites excluding steroid dienone is 2. The molecule has 1 aliphatic heterocycles. The molecule has 1 aromatic heterocycles. The van der Waals surface area contributed by atoms with E-state index in [1.165, 1.54) is 16.8 Å². The Kier molecular flexibility index (Phi) is 4.04. The van der Waals surface area contributed by atoms with Crippen molar-refractivity contribution in [2.45, 2.75) is 52.1 Å². The van der Waals surface area contributed by atoms with Crippen LogP contribution in [0.5, 0.6) is 0 Å². The van der Waals surface area contributed by atoms with E-state index in [1.54, 1.807) is 10.8 Å². The Bertz CT molecular complexity index is 878. The van der Waals surface area contributed by atoms with Gasteiger partial charge in [-0.1, -0.05) is 51.6 Å². The molecule has 0 radical (unpaired) electrons. The molecular weight excluding hydrogens is 433 g/mol. The van der Waals surface area contributed by atoms with Gasteiger partial charge in [0.15, 0.2) is 11.7 Å². The maximum Gasteiger partial charge on any atom is 0.213 e. The maximum atomic E-state index is 2.70. The summed E-state index contributed by atoms with van der Waals surface area (Å²) in [7, 11) is 0. The molecule has 130 valence electrons. The van der Waals surface area contributed by atoms with Gasteiger partial charge in [0.1, 0.15) is 6.29 Å². The normalized spacial score (nSPS) is 24.8. The summed E-state index contributed by atoms with van der Waals surface area (Å²) < 4.78 is 2.57. The third-order valence-electron chi connectivity index (χ3n) is 5.71. The second-order valence-electron chi connectivity index (χ2n) is 9.01. The van der Waals surface area contributed by atoms with Gasteiger partial charge in [-0.2, -0.15) is 4.57 Å². The van der Waals surface area contributed by atoms with E-state index in [1.807, 2.05) is 0 Å². The molecule has 1 nitrogen and oxygen atoms in total. The van der Waals surface area contributed by atoms with Crippen LogP contribution in [0.1, 0.15) is 44.7 Å². The zero-order valence-electron chi connectivity index (χ0n) is 15.8. The zero-order valence-corrected chi connectivity index (χ0v) is 19.1. The van der Waals surface area contributed by atoms with E-state index in [9.17, 15) is 0 Å². The number of hydrogen-bond acceptors (Lipinski definition) is 0. The van der Waals surface area contributed by atoms with Crippen LogP contribution in [-0.2, 0) is 12.0 Å². The van der Waals surface area contributed by atoms with Gasteiger partial charge >= 0.3 is 0 Å². The number of fused-ring (bicyclic) bond motifs is 6. The van der Waals surface area contributed by atoms with Gasteiger partial charge in [0.25, 0.3) is 0 Å². The summed E-state index contributed by atoms with van der Waals surface area (Å²) in [4.78, 5) is 0. The van der Waals surface area contributed by atoms with E-state index in [2.05, 4.69) is 109 Å². The molecule has 1 aliphatic carbocycles.